The number of hydrogen-bond donors (Lipinski definition) is 1. The van der Waals surface area contributed by atoms with E-state index in [9.17, 15) is 31.1 Å². The van der Waals surface area contributed by atoms with Gasteiger partial charge in [0.05, 0.1) is 23.4 Å². The lowest BCUT2D eigenvalue weighted by atomic mass is 9.91. The van der Waals surface area contributed by atoms with E-state index in [-0.39, 0.29) is 30.8 Å². The molecule has 2 heterocycles. The molecule has 3 rings (SSSR count). The minimum absolute atomic E-state index is 0.109. The normalized spacial score (nSPS) is 18.7. The molecule has 0 bridgehead atoms. The number of carbonyl (C=O) groups excluding carboxylic acids is 1. The molecule has 0 aliphatic carbocycles. The minimum atomic E-state index is -4.92. The first-order chi connectivity index (χ1) is 15.8. The molecule has 0 saturated carbocycles. The van der Waals surface area contributed by atoms with Crippen LogP contribution in [0.3, 0.4) is 0 Å². The van der Waals surface area contributed by atoms with Gasteiger partial charge in [0.1, 0.15) is 5.82 Å². The number of aryl methyl sites for hydroxylation is 2. The highest BCUT2D eigenvalue weighted by Gasteiger charge is 2.40. The van der Waals surface area contributed by atoms with Crippen LogP contribution in [0.4, 0.5) is 37.0 Å². The fraction of sp³-hybridized carbons (Fsp3) is 0.545. The topological polar surface area (TPSA) is 59.4 Å². The highest BCUT2D eigenvalue weighted by atomic mass is 19.4. The maximum absolute atomic E-state index is 13.2. The van der Waals surface area contributed by atoms with Crippen LogP contribution in [-0.2, 0) is 30.7 Å². The van der Waals surface area contributed by atoms with Crippen LogP contribution in [0, 0.1) is 6.92 Å². The number of aromatic nitrogens is 2. The summed E-state index contributed by atoms with van der Waals surface area (Å²) in [6.07, 6.45) is -9.42. The van der Waals surface area contributed by atoms with Crippen LogP contribution >= 0.6 is 0 Å². The van der Waals surface area contributed by atoms with Crippen LogP contribution in [0.1, 0.15) is 60.7 Å². The van der Waals surface area contributed by atoms with Crippen molar-refractivity contribution in [3.63, 3.8) is 0 Å². The SMILES string of the molecule is CCOC(=O)N1c2c(c(C)nn2C)C(NCc2cc(C(F)(F)F)cc(C(F)(F)F)c2)CC1CC. The lowest BCUT2D eigenvalue weighted by Gasteiger charge is -2.38. The van der Waals surface area contributed by atoms with Gasteiger partial charge < -0.3 is 10.1 Å². The maximum Gasteiger partial charge on any atom is 0.416 e. The molecule has 1 N–H and O–H groups in total. The lowest BCUT2D eigenvalue weighted by molar-refractivity contribution is -0.143. The van der Waals surface area contributed by atoms with Crippen molar-refractivity contribution < 1.29 is 35.9 Å². The highest BCUT2D eigenvalue weighted by Crippen LogP contribution is 2.41. The number of carbonyl (C=O) groups is 1. The summed E-state index contributed by atoms with van der Waals surface area (Å²) in [6, 6.07) is 0.793. The third-order valence-corrected chi connectivity index (χ3v) is 5.82. The first-order valence-corrected chi connectivity index (χ1v) is 10.8. The van der Waals surface area contributed by atoms with Crippen molar-refractivity contribution in [1.82, 2.24) is 15.1 Å². The Balaban J connectivity index is 1.96. The van der Waals surface area contributed by atoms with Gasteiger partial charge in [-0.25, -0.2) is 4.79 Å². The molecule has 0 saturated heterocycles. The van der Waals surface area contributed by atoms with Crippen LogP contribution in [-0.4, -0.2) is 28.5 Å². The van der Waals surface area contributed by atoms with Crippen molar-refractivity contribution in [2.24, 2.45) is 7.05 Å². The molecule has 2 atom stereocenters. The molecule has 1 aromatic carbocycles. The molecule has 0 spiro atoms. The number of ether oxygens (including phenoxy) is 1. The zero-order chi connectivity index (χ0) is 25.4. The first-order valence-electron chi connectivity index (χ1n) is 10.8. The third kappa shape index (κ3) is 5.16. The predicted molar refractivity (Wildman–Crippen MR) is 112 cm³/mol. The highest BCUT2D eigenvalue weighted by molar-refractivity contribution is 5.89. The maximum atomic E-state index is 13.2. The number of nitrogens with zero attached hydrogens (tertiary/aromatic N) is 3. The van der Waals surface area contributed by atoms with Gasteiger partial charge in [0.25, 0.3) is 0 Å². The van der Waals surface area contributed by atoms with E-state index in [1.54, 1.807) is 20.9 Å². The van der Waals surface area contributed by atoms with Crippen molar-refractivity contribution in [3.8, 4) is 0 Å². The molecule has 34 heavy (non-hydrogen) atoms. The van der Waals surface area contributed by atoms with Gasteiger partial charge in [-0.05, 0) is 50.5 Å². The third-order valence-electron chi connectivity index (χ3n) is 5.82. The Morgan fingerprint density at radius 1 is 1.12 bits per heavy atom. The summed E-state index contributed by atoms with van der Waals surface area (Å²) in [5.74, 6) is 0.492. The van der Waals surface area contributed by atoms with Crippen LogP contribution in [0.2, 0.25) is 0 Å². The van der Waals surface area contributed by atoms with E-state index in [1.165, 1.54) is 9.58 Å². The predicted octanol–water partition coefficient (Wildman–Crippen LogP) is 5.74. The molecule has 1 aliphatic rings. The Labute approximate surface area is 192 Å². The molecule has 1 aliphatic heterocycles. The van der Waals surface area contributed by atoms with Gasteiger partial charge in [-0.2, -0.15) is 31.4 Å². The fourth-order valence-electron chi connectivity index (χ4n) is 4.35. The number of anilines is 1. The van der Waals surface area contributed by atoms with E-state index in [0.717, 1.165) is 0 Å². The van der Waals surface area contributed by atoms with Gasteiger partial charge in [0, 0.05) is 31.2 Å². The Kier molecular flexibility index (Phi) is 7.20. The lowest BCUT2D eigenvalue weighted by Crippen LogP contribution is -2.47. The van der Waals surface area contributed by atoms with E-state index < -0.39 is 35.6 Å². The number of rotatable bonds is 5. The summed E-state index contributed by atoms with van der Waals surface area (Å²) in [7, 11) is 1.66. The molecule has 6 nitrogen and oxygen atoms in total. The molecule has 1 aromatic heterocycles. The Hall–Kier alpha value is -2.76. The van der Waals surface area contributed by atoms with Crippen molar-refractivity contribution in [2.75, 3.05) is 11.5 Å². The van der Waals surface area contributed by atoms with Crippen LogP contribution in [0.15, 0.2) is 18.2 Å². The molecule has 2 unspecified atom stereocenters. The first kappa shape index (κ1) is 25.9. The molecule has 0 fully saturated rings. The van der Waals surface area contributed by atoms with Gasteiger partial charge in [-0.1, -0.05) is 6.92 Å². The van der Waals surface area contributed by atoms with Gasteiger partial charge in [-0.15, -0.1) is 0 Å². The van der Waals surface area contributed by atoms with E-state index in [4.69, 9.17) is 4.74 Å². The zero-order valence-corrected chi connectivity index (χ0v) is 19.1. The van der Waals surface area contributed by atoms with Gasteiger partial charge >= 0.3 is 18.4 Å². The summed E-state index contributed by atoms with van der Waals surface area (Å²) in [5.41, 5.74) is -1.62. The van der Waals surface area contributed by atoms with E-state index >= 15 is 0 Å². The summed E-state index contributed by atoms with van der Waals surface area (Å²) >= 11 is 0. The van der Waals surface area contributed by atoms with Crippen LogP contribution < -0.4 is 10.2 Å². The molecule has 0 radical (unpaired) electrons. The minimum Gasteiger partial charge on any atom is -0.449 e. The average molecular weight is 492 g/mol. The summed E-state index contributed by atoms with van der Waals surface area (Å²) in [5, 5.41) is 7.48. The second-order valence-corrected chi connectivity index (χ2v) is 8.16. The van der Waals surface area contributed by atoms with E-state index in [2.05, 4.69) is 10.4 Å². The van der Waals surface area contributed by atoms with Crippen molar-refractivity contribution >= 4 is 11.9 Å². The quantitative estimate of drug-likeness (QED) is 0.541. The summed E-state index contributed by atoms with van der Waals surface area (Å²) < 4.78 is 86.0. The number of amides is 1. The average Bonchev–Trinajstić information content (AvgIpc) is 3.04. The Morgan fingerprint density at radius 2 is 1.71 bits per heavy atom. The molecule has 188 valence electrons. The molecule has 1 amide bonds. The van der Waals surface area contributed by atoms with Crippen molar-refractivity contribution in [1.29, 1.82) is 0 Å². The van der Waals surface area contributed by atoms with Crippen LogP contribution in [0.25, 0.3) is 0 Å². The number of halogens is 6. The molecular formula is C22H26F6N4O2. The van der Waals surface area contributed by atoms with Gasteiger partial charge in [0.15, 0.2) is 0 Å². The number of hydrogen-bond acceptors (Lipinski definition) is 4. The Bertz CT molecular complexity index is 1010. The standard InChI is InChI=1S/C22H26F6N4O2/c1-5-16-10-17(18-12(3)30-31(4)19(18)32(16)20(33)34-6-2)29-11-13-7-14(21(23,24)25)9-15(8-13)22(26,27)28/h7-9,16-17,29H,5-6,10-11H2,1-4H3. The fourth-order valence-corrected chi connectivity index (χ4v) is 4.35. The number of fused-ring (bicyclic) bond motifs is 1. The second-order valence-electron chi connectivity index (χ2n) is 8.16. The van der Waals surface area contributed by atoms with Crippen molar-refractivity contribution in [3.05, 3.63) is 46.1 Å². The van der Waals surface area contributed by atoms with Gasteiger partial charge in [-0.3, -0.25) is 9.58 Å². The Morgan fingerprint density at radius 3 is 2.21 bits per heavy atom. The zero-order valence-electron chi connectivity index (χ0n) is 19.1. The number of nitrogens with one attached hydrogen (secondary N) is 1. The monoisotopic (exact) mass is 492 g/mol. The number of benzene rings is 1. The summed E-state index contributed by atoms with van der Waals surface area (Å²) in [4.78, 5) is 14.2. The van der Waals surface area contributed by atoms with E-state index in [1.807, 2.05) is 6.92 Å². The second kappa shape index (κ2) is 9.47. The molecule has 2 aromatic rings. The molecule has 12 heteroatoms. The summed E-state index contributed by atoms with van der Waals surface area (Å²) in [6.45, 7) is 5.24. The smallest absolute Gasteiger partial charge is 0.416 e. The largest absolute Gasteiger partial charge is 0.449 e. The van der Waals surface area contributed by atoms with Crippen molar-refractivity contribution in [2.45, 2.75) is 64.6 Å². The van der Waals surface area contributed by atoms with Crippen LogP contribution in [0.5, 0.6) is 0 Å². The molecular weight excluding hydrogens is 466 g/mol. The number of alkyl halides is 6. The van der Waals surface area contributed by atoms with Gasteiger partial charge in [0.2, 0.25) is 0 Å². The van der Waals surface area contributed by atoms with E-state index in [0.29, 0.717) is 42.0 Å².